The van der Waals surface area contributed by atoms with E-state index in [1.54, 1.807) is 12.1 Å². The normalized spacial score (nSPS) is 8.57. The summed E-state index contributed by atoms with van der Waals surface area (Å²) in [5, 5.41) is 18.3. The van der Waals surface area contributed by atoms with E-state index in [2.05, 4.69) is 31.6 Å². The molecule has 42 heavy (non-hydrogen) atoms. The van der Waals surface area contributed by atoms with Gasteiger partial charge in [-0.1, -0.05) is 35.5 Å². The molecule has 0 aliphatic carbocycles. The van der Waals surface area contributed by atoms with Crippen molar-refractivity contribution in [1.29, 1.82) is 0 Å². The van der Waals surface area contributed by atoms with Gasteiger partial charge in [-0.05, 0) is 101 Å². The molecule has 2 aromatic carbocycles. The van der Waals surface area contributed by atoms with E-state index in [1.807, 2.05) is 59.7 Å². The van der Waals surface area contributed by atoms with Crippen LogP contribution in [0.25, 0.3) is 0 Å². The number of esters is 2. The summed E-state index contributed by atoms with van der Waals surface area (Å²) in [5.74, 6) is 0.965. The predicted molar refractivity (Wildman–Crippen MR) is 160 cm³/mol. The maximum absolute atomic E-state index is 11.1. The van der Waals surface area contributed by atoms with Gasteiger partial charge in [-0.2, -0.15) is 0 Å². The van der Waals surface area contributed by atoms with E-state index in [-0.39, 0.29) is 130 Å². The smallest absolute Gasteiger partial charge is 1.00 e. The van der Waals surface area contributed by atoms with Gasteiger partial charge < -0.3 is 30.9 Å². The molecule has 230 valence electrons. The van der Waals surface area contributed by atoms with Gasteiger partial charge in [0.25, 0.3) is 6.47 Å². The van der Waals surface area contributed by atoms with E-state index in [1.165, 1.54) is 11.1 Å². The first-order chi connectivity index (χ1) is 18.5. The van der Waals surface area contributed by atoms with E-state index in [0.29, 0.717) is 44.8 Å². The molecular weight excluding hydrogens is 662 g/mol. The minimum Gasteiger partial charge on any atom is -1.00 e. The molecule has 9 nitrogen and oxygen atoms in total. The first-order valence-corrected chi connectivity index (χ1v) is 13.7. The zero-order valence-electron chi connectivity index (χ0n) is 26.8. The summed E-state index contributed by atoms with van der Waals surface area (Å²) >= 11 is 3.22. The number of aryl methyl sites for hydroxylation is 4. The van der Waals surface area contributed by atoms with E-state index >= 15 is 0 Å². The number of alkyl halides is 1. The Morgan fingerprint density at radius 3 is 1.55 bits per heavy atom. The van der Waals surface area contributed by atoms with Gasteiger partial charge >= 0.3 is 115 Å². The molecule has 0 heterocycles. The van der Waals surface area contributed by atoms with E-state index in [0.717, 1.165) is 28.6 Å². The Labute approximate surface area is 347 Å². The molecule has 0 spiro atoms. The molecule has 0 aromatic heterocycles. The molecule has 1 N–H and O–H groups in total. The fourth-order valence-corrected chi connectivity index (χ4v) is 3.33. The van der Waals surface area contributed by atoms with Crippen LogP contribution in [0.15, 0.2) is 36.4 Å². The molecule has 0 atom stereocenters. The van der Waals surface area contributed by atoms with Crippen LogP contribution in [0.2, 0.25) is 0 Å². The van der Waals surface area contributed by atoms with Crippen LogP contribution >= 0.6 is 15.9 Å². The van der Waals surface area contributed by atoms with E-state index < -0.39 is 0 Å². The number of halogens is 1. The number of rotatable bonds is 11. The number of benzene rings is 2. The molecule has 0 radical (unpaired) electrons. The monoisotopic (exact) mass is 708 g/mol. The Bertz CT molecular complexity index is 896. The number of hydrogen-bond acceptors (Lipinski definition) is 9. The molecular formula is C30H47BrK2O9. The Hall–Kier alpha value is 0.163. The van der Waals surface area contributed by atoms with Crippen molar-refractivity contribution in [2.24, 2.45) is 0 Å². The minimum atomic E-state index is -0.181. The van der Waals surface area contributed by atoms with Crippen LogP contribution in [0.3, 0.4) is 0 Å². The number of phenols is 1. The van der Waals surface area contributed by atoms with Crippen molar-refractivity contribution in [1.82, 2.24) is 0 Å². The number of ether oxygens (including phenoxy) is 3. The summed E-state index contributed by atoms with van der Waals surface area (Å²) in [4.78, 5) is 32.9. The zero-order valence-corrected chi connectivity index (χ0v) is 33.6. The Kier molecular flexibility index (Phi) is 43.9. The average molecular weight is 710 g/mol. The van der Waals surface area contributed by atoms with Crippen molar-refractivity contribution in [3.8, 4) is 11.5 Å². The van der Waals surface area contributed by atoms with Crippen LogP contribution in [0.4, 0.5) is 0 Å². The quantitative estimate of drug-likeness (QED) is 0.0650. The Morgan fingerprint density at radius 1 is 0.833 bits per heavy atom. The van der Waals surface area contributed by atoms with Gasteiger partial charge in [0.15, 0.2) is 0 Å². The molecule has 0 saturated heterocycles. The summed E-state index contributed by atoms with van der Waals surface area (Å²) < 4.78 is 15.1. The van der Waals surface area contributed by atoms with Crippen molar-refractivity contribution < 1.29 is 148 Å². The van der Waals surface area contributed by atoms with E-state index in [4.69, 9.17) is 24.6 Å². The van der Waals surface area contributed by atoms with Crippen LogP contribution in [0.1, 0.15) is 70.6 Å². The molecule has 0 saturated carbocycles. The SMILES string of the molecule is C.CCOC(=O)CCCBr.CCOC(=O)CCCOc1cc(C)cc(C)c1.Cc1cc(C)cc(O)c1.O=CO[O-].[H-].[K+].[K+]. The van der Waals surface area contributed by atoms with Crippen molar-refractivity contribution >= 4 is 34.3 Å². The molecule has 0 aliphatic heterocycles. The van der Waals surface area contributed by atoms with Crippen LogP contribution in [0, 0.1) is 27.7 Å². The molecule has 0 fully saturated rings. The summed E-state index contributed by atoms with van der Waals surface area (Å²) in [5.41, 5.74) is 4.58. The summed E-state index contributed by atoms with van der Waals surface area (Å²) in [7, 11) is 0. The molecule has 12 heteroatoms. The van der Waals surface area contributed by atoms with Gasteiger partial charge in [-0.25, -0.2) is 0 Å². The van der Waals surface area contributed by atoms with Crippen molar-refractivity contribution in [2.45, 2.75) is 74.7 Å². The van der Waals surface area contributed by atoms with Crippen LogP contribution < -0.4 is 113 Å². The number of carbonyl (C=O) groups excluding carboxylic acids is 3. The average Bonchev–Trinajstić information content (AvgIpc) is 2.85. The van der Waals surface area contributed by atoms with Crippen molar-refractivity contribution in [3.63, 3.8) is 0 Å². The first kappa shape index (κ1) is 51.7. The minimum absolute atomic E-state index is 0. The second-order valence-corrected chi connectivity index (χ2v) is 9.01. The summed E-state index contributed by atoms with van der Waals surface area (Å²) in [6.45, 7) is 12.9. The molecule has 2 rings (SSSR count). The molecule has 0 unspecified atom stereocenters. The largest absolute Gasteiger partial charge is 1.00 e. The standard InChI is InChI=1S/C14H20O3.C8H10O.C6H11BrO2.CH2O3.CH4.2K.H/c1-4-16-14(15)6-5-7-17-13-9-11(2)8-12(3)10-13;1-6-3-7(2)5-8(9)4-6;1-2-9-6(8)4-3-5-7;2-1-4-3;;;;/h8-10H,4-7H2,1-3H3;3-5,9H,1-2H3;2-5H2,1H3;1,3H;1H4;;;/q;;;;;2*+1;-1/p-1. The van der Waals surface area contributed by atoms with Crippen LogP contribution in [-0.2, 0) is 28.7 Å². The fraction of sp³-hybridized carbons (Fsp3) is 0.500. The van der Waals surface area contributed by atoms with Crippen molar-refractivity contribution in [3.05, 3.63) is 58.7 Å². The van der Waals surface area contributed by atoms with E-state index in [9.17, 15) is 9.59 Å². The van der Waals surface area contributed by atoms with Gasteiger partial charge in [0.1, 0.15) is 11.5 Å². The second-order valence-electron chi connectivity index (χ2n) is 8.22. The number of carbonyl (C=O) groups is 3. The number of aromatic hydroxyl groups is 1. The summed E-state index contributed by atoms with van der Waals surface area (Å²) in [6.07, 6.45) is 2.49. The molecule has 0 bridgehead atoms. The van der Waals surface area contributed by atoms with Gasteiger partial charge in [0, 0.05) is 18.2 Å². The molecule has 2 aromatic rings. The van der Waals surface area contributed by atoms with Gasteiger partial charge in [-0.15, -0.1) is 0 Å². The third-order valence-corrected chi connectivity index (χ3v) is 4.92. The second kappa shape index (κ2) is 35.6. The van der Waals surface area contributed by atoms with Crippen LogP contribution in [-0.4, -0.2) is 48.7 Å². The molecule has 0 aliphatic rings. The first-order valence-electron chi connectivity index (χ1n) is 12.6. The third kappa shape index (κ3) is 34.7. The zero-order chi connectivity index (χ0) is 30.1. The summed E-state index contributed by atoms with van der Waals surface area (Å²) in [6, 6.07) is 11.6. The molecule has 0 amide bonds. The Balaban J connectivity index is -0.000000114. The number of phenolic OH excluding ortho intramolecular Hbond substituents is 1. The van der Waals surface area contributed by atoms with Gasteiger partial charge in [0.2, 0.25) is 0 Å². The Morgan fingerprint density at radius 2 is 1.21 bits per heavy atom. The topological polar surface area (TPSA) is 131 Å². The van der Waals surface area contributed by atoms with Gasteiger partial charge in [-0.3, -0.25) is 14.4 Å². The van der Waals surface area contributed by atoms with Crippen LogP contribution in [0.5, 0.6) is 11.5 Å². The third-order valence-electron chi connectivity index (χ3n) is 4.36. The number of hydrogen-bond donors (Lipinski definition) is 1. The maximum atomic E-state index is 11.1. The van der Waals surface area contributed by atoms with Crippen molar-refractivity contribution in [2.75, 3.05) is 25.2 Å². The predicted octanol–water partition coefficient (Wildman–Crippen LogP) is -0.0495. The maximum Gasteiger partial charge on any atom is 1.00 e. The fourth-order valence-electron chi connectivity index (χ4n) is 3.05. The van der Waals surface area contributed by atoms with Gasteiger partial charge in [0.05, 0.1) is 19.8 Å².